The van der Waals surface area contributed by atoms with E-state index >= 15 is 0 Å². The minimum absolute atomic E-state index is 0.0737. The van der Waals surface area contributed by atoms with Crippen LogP contribution >= 0.6 is 0 Å². The largest absolute Gasteiger partial charge is 0.380 e. The quantitative estimate of drug-likeness (QED) is 0.930. The molecule has 0 spiro atoms. The van der Waals surface area contributed by atoms with Gasteiger partial charge < -0.3 is 10.1 Å². The second kappa shape index (κ2) is 6.25. The predicted octanol–water partition coefficient (Wildman–Crippen LogP) is 3.36. The summed E-state index contributed by atoms with van der Waals surface area (Å²) in [5.41, 5.74) is 1.31. The molecule has 0 unspecified atom stereocenters. The molecule has 5 heteroatoms. The summed E-state index contributed by atoms with van der Waals surface area (Å²) in [6, 6.07) is 9.67. The van der Waals surface area contributed by atoms with Gasteiger partial charge in [0.2, 0.25) is 0 Å². The Morgan fingerprint density at radius 1 is 1.15 bits per heavy atom. The van der Waals surface area contributed by atoms with Gasteiger partial charge in [-0.15, -0.1) is 0 Å². The third-order valence-electron chi connectivity index (χ3n) is 2.62. The third kappa shape index (κ3) is 3.61. The summed E-state index contributed by atoms with van der Waals surface area (Å²) in [6.45, 7) is 0.385. The van der Waals surface area contributed by atoms with Gasteiger partial charge in [-0.25, -0.2) is 8.78 Å². The fourth-order valence-corrected chi connectivity index (χ4v) is 1.80. The first kappa shape index (κ1) is 14.1. The van der Waals surface area contributed by atoms with E-state index in [0.717, 1.165) is 23.8 Å². The smallest absolute Gasteiger partial charge is 0.255 e. The average Bonchev–Trinajstić information content (AvgIpc) is 2.38. The highest BCUT2D eigenvalue weighted by atomic mass is 19.1. The minimum atomic E-state index is -0.742. The van der Waals surface area contributed by atoms with Crippen LogP contribution in [0.4, 0.5) is 14.5 Å². The molecule has 0 aliphatic heterocycles. The summed E-state index contributed by atoms with van der Waals surface area (Å²) in [7, 11) is 1.56. The average molecular weight is 277 g/mol. The lowest BCUT2D eigenvalue weighted by molar-refractivity contribution is 0.102. The van der Waals surface area contributed by atoms with Crippen LogP contribution in [0.25, 0.3) is 0 Å². The summed E-state index contributed by atoms with van der Waals surface area (Å²) in [5.74, 6) is -1.92. The molecule has 0 radical (unpaired) electrons. The molecule has 20 heavy (non-hydrogen) atoms. The summed E-state index contributed by atoms with van der Waals surface area (Å²) < 4.78 is 31.1. The van der Waals surface area contributed by atoms with Gasteiger partial charge in [-0.05, 0) is 29.8 Å². The maximum absolute atomic E-state index is 13.0. The number of rotatable bonds is 4. The molecule has 0 saturated heterocycles. The molecular formula is C15H13F2NO2. The molecule has 1 N–H and O–H groups in total. The summed E-state index contributed by atoms with van der Waals surface area (Å²) in [4.78, 5) is 12.0. The number of methoxy groups -OCH3 is 1. The van der Waals surface area contributed by atoms with Crippen LogP contribution in [-0.2, 0) is 11.3 Å². The molecule has 2 rings (SSSR count). The summed E-state index contributed by atoms with van der Waals surface area (Å²) in [6.07, 6.45) is 0. The first-order valence-electron chi connectivity index (χ1n) is 5.94. The van der Waals surface area contributed by atoms with E-state index in [1.54, 1.807) is 25.3 Å². The molecule has 0 fully saturated rings. The lowest BCUT2D eigenvalue weighted by atomic mass is 10.1. The van der Waals surface area contributed by atoms with Gasteiger partial charge in [0.15, 0.2) is 0 Å². The van der Waals surface area contributed by atoms with Crippen LogP contribution in [0.1, 0.15) is 15.9 Å². The molecule has 3 nitrogen and oxygen atoms in total. The second-order valence-corrected chi connectivity index (χ2v) is 4.25. The monoisotopic (exact) mass is 277 g/mol. The molecule has 0 aromatic heterocycles. The molecular weight excluding hydrogens is 264 g/mol. The first-order chi connectivity index (χ1) is 9.58. The highest BCUT2D eigenvalue weighted by molar-refractivity contribution is 6.04. The molecule has 1 amide bonds. The zero-order valence-electron chi connectivity index (χ0n) is 10.8. The van der Waals surface area contributed by atoms with Crippen LogP contribution in [0.15, 0.2) is 42.5 Å². The Morgan fingerprint density at radius 2 is 1.85 bits per heavy atom. The molecule has 2 aromatic rings. The van der Waals surface area contributed by atoms with E-state index in [4.69, 9.17) is 4.74 Å². The number of ether oxygens (including phenoxy) is 1. The Morgan fingerprint density at radius 3 is 2.50 bits per heavy atom. The minimum Gasteiger partial charge on any atom is -0.380 e. The lowest BCUT2D eigenvalue weighted by Crippen LogP contribution is -2.12. The molecule has 0 aliphatic carbocycles. The number of halogens is 2. The van der Waals surface area contributed by atoms with Gasteiger partial charge in [-0.1, -0.05) is 12.1 Å². The van der Waals surface area contributed by atoms with Crippen molar-refractivity contribution in [2.75, 3.05) is 12.4 Å². The number of amides is 1. The number of carbonyl (C=O) groups excluding carboxylic acids is 1. The number of carbonyl (C=O) groups is 1. The number of hydrogen-bond acceptors (Lipinski definition) is 2. The van der Waals surface area contributed by atoms with Crippen molar-refractivity contribution in [2.45, 2.75) is 6.61 Å². The van der Waals surface area contributed by atoms with Crippen molar-refractivity contribution in [3.63, 3.8) is 0 Å². The van der Waals surface area contributed by atoms with E-state index in [2.05, 4.69) is 5.32 Å². The van der Waals surface area contributed by atoms with Crippen molar-refractivity contribution in [2.24, 2.45) is 0 Å². The zero-order chi connectivity index (χ0) is 14.5. The van der Waals surface area contributed by atoms with E-state index in [0.29, 0.717) is 12.2 Å². The normalized spacial score (nSPS) is 10.3. The Bertz CT molecular complexity index is 609. The van der Waals surface area contributed by atoms with E-state index in [9.17, 15) is 13.6 Å². The van der Waals surface area contributed by atoms with E-state index < -0.39 is 17.5 Å². The highest BCUT2D eigenvalue weighted by Crippen LogP contribution is 2.15. The van der Waals surface area contributed by atoms with E-state index in [1.165, 1.54) is 0 Å². The van der Waals surface area contributed by atoms with Crippen LogP contribution in [0.2, 0.25) is 0 Å². The van der Waals surface area contributed by atoms with Gasteiger partial charge in [0.25, 0.3) is 5.91 Å². The van der Waals surface area contributed by atoms with Crippen LogP contribution in [0.5, 0.6) is 0 Å². The van der Waals surface area contributed by atoms with E-state index in [1.807, 2.05) is 6.07 Å². The Hall–Kier alpha value is -2.27. The molecule has 0 atom stereocenters. The number of anilines is 1. The van der Waals surface area contributed by atoms with Gasteiger partial charge in [-0.2, -0.15) is 0 Å². The van der Waals surface area contributed by atoms with Crippen molar-refractivity contribution in [1.29, 1.82) is 0 Å². The van der Waals surface area contributed by atoms with Crippen molar-refractivity contribution in [1.82, 2.24) is 0 Å². The van der Waals surface area contributed by atoms with Crippen LogP contribution in [0.3, 0.4) is 0 Å². The molecule has 0 aliphatic rings. The topological polar surface area (TPSA) is 38.3 Å². The number of nitrogens with one attached hydrogen (secondary N) is 1. The third-order valence-corrected chi connectivity index (χ3v) is 2.62. The Kier molecular flexibility index (Phi) is 4.42. The molecule has 0 bridgehead atoms. The predicted molar refractivity (Wildman–Crippen MR) is 71.5 cm³/mol. The zero-order valence-corrected chi connectivity index (χ0v) is 10.8. The first-order valence-corrected chi connectivity index (χ1v) is 5.94. The number of hydrogen-bond donors (Lipinski definition) is 1. The standard InChI is InChI=1S/C15H13F2NO2/c1-20-9-10-3-2-4-11(5-10)15(19)18-14-7-12(16)6-13(17)8-14/h2-8H,9H2,1H3,(H,18,19). The number of benzene rings is 2. The van der Waals surface area contributed by atoms with Crippen LogP contribution < -0.4 is 5.32 Å². The maximum Gasteiger partial charge on any atom is 0.255 e. The highest BCUT2D eigenvalue weighted by Gasteiger charge is 2.08. The van der Waals surface area contributed by atoms with Crippen LogP contribution in [-0.4, -0.2) is 13.0 Å². The van der Waals surface area contributed by atoms with Crippen molar-refractivity contribution in [3.8, 4) is 0 Å². The summed E-state index contributed by atoms with van der Waals surface area (Å²) >= 11 is 0. The fraction of sp³-hybridized carbons (Fsp3) is 0.133. The Labute approximate surface area is 115 Å². The molecule has 0 heterocycles. The molecule has 0 saturated carbocycles. The van der Waals surface area contributed by atoms with Crippen molar-refractivity contribution >= 4 is 11.6 Å². The van der Waals surface area contributed by atoms with Crippen LogP contribution in [0, 0.1) is 11.6 Å². The van der Waals surface area contributed by atoms with Gasteiger partial charge in [0, 0.05) is 24.4 Å². The SMILES string of the molecule is COCc1cccc(C(=O)Nc2cc(F)cc(F)c2)c1. The summed E-state index contributed by atoms with van der Waals surface area (Å²) in [5, 5.41) is 2.45. The van der Waals surface area contributed by atoms with Gasteiger partial charge in [0.1, 0.15) is 11.6 Å². The Balaban J connectivity index is 2.17. The molecule has 104 valence electrons. The van der Waals surface area contributed by atoms with Crippen molar-refractivity contribution in [3.05, 3.63) is 65.2 Å². The van der Waals surface area contributed by atoms with Gasteiger partial charge in [-0.3, -0.25) is 4.79 Å². The molecule has 2 aromatic carbocycles. The fourth-order valence-electron chi connectivity index (χ4n) is 1.80. The van der Waals surface area contributed by atoms with Gasteiger partial charge >= 0.3 is 0 Å². The van der Waals surface area contributed by atoms with Crippen molar-refractivity contribution < 1.29 is 18.3 Å². The second-order valence-electron chi connectivity index (χ2n) is 4.25. The van der Waals surface area contributed by atoms with E-state index in [-0.39, 0.29) is 5.69 Å². The maximum atomic E-state index is 13.0. The lowest BCUT2D eigenvalue weighted by Gasteiger charge is -2.07. The van der Waals surface area contributed by atoms with Gasteiger partial charge in [0.05, 0.1) is 6.61 Å².